The lowest BCUT2D eigenvalue weighted by molar-refractivity contribution is 0.202. The highest BCUT2D eigenvalue weighted by molar-refractivity contribution is 6.18. The van der Waals surface area contributed by atoms with Crippen molar-refractivity contribution in [1.29, 1.82) is 0 Å². The van der Waals surface area contributed by atoms with Gasteiger partial charge >= 0.3 is 0 Å². The summed E-state index contributed by atoms with van der Waals surface area (Å²) >= 11 is 5.43. The predicted molar refractivity (Wildman–Crippen MR) is 46.8 cm³/mol. The van der Waals surface area contributed by atoms with Gasteiger partial charge in [-0.3, -0.25) is 0 Å². The number of aliphatic hydroxyl groups excluding tert-OH is 1. The van der Waals surface area contributed by atoms with Gasteiger partial charge < -0.3 is 5.11 Å². The van der Waals surface area contributed by atoms with Crippen LogP contribution in [-0.4, -0.2) is 11.0 Å². The fourth-order valence-corrected chi connectivity index (χ4v) is 1.14. The fourth-order valence-electron chi connectivity index (χ4n) is 0.964. The third-order valence-electron chi connectivity index (χ3n) is 1.71. The topological polar surface area (TPSA) is 20.2 Å². The molecule has 0 spiro atoms. The standard InChI is InChI=1S/C9H10ClFO/c1-6-4-7(9(12)5-10)2-3-8(6)11/h2-4,9,12H,5H2,1H3/t9-/m0/s1. The van der Waals surface area contributed by atoms with Crippen LogP contribution in [0.2, 0.25) is 0 Å². The highest BCUT2D eigenvalue weighted by Crippen LogP contribution is 2.17. The molecule has 1 nitrogen and oxygen atoms in total. The number of rotatable bonds is 2. The van der Waals surface area contributed by atoms with Gasteiger partial charge in [0.2, 0.25) is 0 Å². The first-order valence-corrected chi connectivity index (χ1v) is 4.18. The first-order chi connectivity index (χ1) is 5.65. The SMILES string of the molecule is Cc1cc([C@@H](O)CCl)ccc1F. The lowest BCUT2D eigenvalue weighted by Crippen LogP contribution is -1.99. The van der Waals surface area contributed by atoms with Gasteiger partial charge in [0.05, 0.1) is 12.0 Å². The van der Waals surface area contributed by atoms with Gasteiger partial charge in [-0.25, -0.2) is 4.39 Å². The van der Waals surface area contributed by atoms with Crippen molar-refractivity contribution in [2.75, 3.05) is 5.88 Å². The minimum absolute atomic E-state index is 0.130. The molecule has 0 aliphatic carbocycles. The summed E-state index contributed by atoms with van der Waals surface area (Å²) in [5, 5.41) is 9.29. The summed E-state index contributed by atoms with van der Waals surface area (Å²) in [6.07, 6.45) is -0.703. The molecule has 3 heteroatoms. The van der Waals surface area contributed by atoms with Crippen molar-refractivity contribution in [1.82, 2.24) is 0 Å². The summed E-state index contributed by atoms with van der Waals surface area (Å²) in [6, 6.07) is 4.47. The van der Waals surface area contributed by atoms with Crippen LogP contribution in [-0.2, 0) is 0 Å². The minimum Gasteiger partial charge on any atom is -0.387 e. The Labute approximate surface area is 75.8 Å². The van der Waals surface area contributed by atoms with E-state index < -0.39 is 6.10 Å². The van der Waals surface area contributed by atoms with Gasteiger partial charge in [-0.15, -0.1) is 11.6 Å². The molecule has 1 aromatic rings. The summed E-state index contributed by atoms with van der Waals surface area (Å²) in [4.78, 5) is 0. The number of benzene rings is 1. The van der Waals surface area contributed by atoms with Crippen molar-refractivity contribution in [2.45, 2.75) is 13.0 Å². The van der Waals surface area contributed by atoms with Crippen LogP contribution >= 0.6 is 11.6 Å². The molecule has 0 amide bonds. The molecule has 66 valence electrons. The van der Waals surface area contributed by atoms with Crippen molar-refractivity contribution in [3.63, 3.8) is 0 Å². The quantitative estimate of drug-likeness (QED) is 0.707. The lowest BCUT2D eigenvalue weighted by Gasteiger charge is -2.07. The number of alkyl halides is 1. The molecule has 0 saturated carbocycles. The molecule has 0 radical (unpaired) electrons. The van der Waals surface area contributed by atoms with E-state index >= 15 is 0 Å². The van der Waals surface area contributed by atoms with E-state index in [1.165, 1.54) is 12.1 Å². The van der Waals surface area contributed by atoms with Gasteiger partial charge in [0.15, 0.2) is 0 Å². The van der Waals surface area contributed by atoms with Crippen molar-refractivity contribution in [3.8, 4) is 0 Å². The number of hydrogen-bond donors (Lipinski definition) is 1. The molecule has 12 heavy (non-hydrogen) atoms. The maximum absolute atomic E-state index is 12.8. The summed E-state index contributed by atoms with van der Waals surface area (Å²) in [7, 11) is 0. The van der Waals surface area contributed by atoms with E-state index in [2.05, 4.69) is 0 Å². The van der Waals surface area contributed by atoms with Crippen LogP contribution in [0.25, 0.3) is 0 Å². The summed E-state index contributed by atoms with van der Waals surface area (Å²) in [5.74, 6) is -0.133. The summed E-state index contributed by atoms with van der Waals surface area (Å²) in [6.45, 7) is 1.65. The molecule has 0 saturated heterocycles. The molecule has 0 aliphatic heterocycles. The van der Waals surface area contributed by atoms with Crippen molar-refractivity contribution < 1.29 is 9.50 Å². The Morgan fingerprint density at radius 3 is 2.75 bits per heavy atom. The maximum Gasteiger partial charge on any atom is 0.126 e. The smallest absolute Gasteiger partial charge is 0.126 e. The Morgan fingerprint density at radius 2 is 2.25 bits per heavy atom. The van der Waals surface area contributed by atoms with Crippen LogP contribution in [0, 0.1) is 12.7 Å². The molecule has 1 aromatic carbocycles. The highest BCUT2D eigenvalue weighted by Gasteiger charge is 2.06. The minimum atomic E-state index is -0.703. The van der Waals surface area contributed by atoms with E-state index in [-0.39, 0.29) is 11.7 Å². The van der Waals surface area contributed by atoms with E-state index in [1.807, 2.05) is 0 Å². The number of aliphatic hydroxyl groups is 1. The average Bonchev–Trinajstić information content (AvgIpc) is 2.08. The highest BCUT2D eigenvalue weighted by atomic mass is 35.5. The fraction of sp³-hybridized carbons (Fsp3) is 0.333. The van der Waals surface area contributed by atoms with Crippen molar-refractivity contribution in [3.05, 3.63) is 35.1 Å². The zero-order valence-corrected chi connectivity index (χ0v) is 7.48. The molecule has 0 aromatic heterocycles. The van der Waals surface area contributed by atoms with E-state index in [0.29, 0.717) is 11.1 Å². The molecule has 0 fully saturated rings. The van der Waals surface area contributed by atoms with E-state index in [0.717, 1.165) is 0 Å². The molecular weight excluding hydrogens is 179 g/mol. The Hall–Kier alpha value is -0.600. The van der Waals surface area contributed by atoms with Gasteiger partial charge in [-0.1, -0.05) is 12.1 Å². The largest absolute Gasteiger partial charge is 0.387 e. The van der Waals surface area contributed by atoms with Crippen LogP contribution < -0.4 is 0 Å². The molecule has 1 N–H and O–H groups in total. The average molecular weight is 189 g/mol. The first-order valence-electron chi connectivity index (χ1n) is 3.65. The summed E-state index contributed by atoms with van der Waals surface area (Å²) < 4.78 is 12.8. The monoisotopic (exact) mass is 188 g/mol. The Balaban J connectivity index is 2.96. The van der Waals surface area contributed by atoms with Gasteiger partial charge in [-0.2, -0.15) is 0 Å². The molecule has 0 unspecified atom stereocenters. The van der Waals surface area contributed by atoms with Crippen LogP contribution in [0.3, 0.4) is 0 Å². The Bertz CT molecular complexity index is 275. The number of aryl methyl sites for hydroxylation is 1. The first kappa shape index (κ1) is 9.49. The summed E-state index contributed by atoms with van der Waals surface area (Å²) in [5.41, 5.74) is 1.18. The van der Waals surface area contributed by atoms with Crippen LogP contribution in [0.5, 0.6) is 0 Å². The van der Waals surface area contributed by atoms with Gasteiger partial charge in [0.25, 0.3) is 0 Å². The predicted octanol–water partition coefficient (Wildman–Crippen LogP) is 2.41. The zero-order chi connectivity index (χ0) is 9.14. The second-order valence-corrected chi connectivity index (χ2v) is 2.99. The number of halogens is 2. The Morgan fingerprint density at radius 1 is 1.58 bits per heavy atom. The van der Waals surface area contributed by atoms with Crippen LogP contribution in [0.15, 0.2) is 18.2 Å². The lowest BCUT2D eigenvalue weighted by atomic mass is 10.1. The second-order valence-electron chi connectivity index (χ2n) is 2.68. The third kappa shape index (κ3) is 1.96. The molecule has 0 bridgehead atoms. The third-order valence-corrected chi connectivity index (χ3v) is 2.01. The maximum atomic E-state index is 12.8. The van der Waals surface area contributed by atoms with Gasteiger partial charge in [0, 0.05) is 0 Å². The van der Waals surface area contributed by atoms with E-state index in [4.69, 9.17) is 11.6 Å². The Kier molecular flexibility index (Phi) is 3.06. The molecule has 1 atom stereocenters. The number of hydrogen-bond acceptors (Lipinski definition) is 1. The molecular formula is C9H10ClFO. The normalized spacial score (nSPS) is 13.0. The second kappa shape index (κ2) is 3.87. The van der Waals surface area contributed by atoms with Crippen molar-refractivity contribution >= 4 is 11.6 Å². The van der Waals surface area contributed by atoms with Crippen molar-refractivity contribution in [2.24, 2.45) is 0 Å². The molecule has 0 aliphatic rings. The van der Waals surface area contributed by atoms with E-state index in [9.17, 15) is 9.50 Å². The molecule has 1 rings (SSSR count). The van der Waals surface area contributed by atoms with Gasteiger partial charge in [-0.05, 0) is 24.1 Å². The van der Waals surface area contributed by atoms with E-state index in [1.54, 1.807) is 13.0 Å². The zero-order valence-electron chi connectivity index (χ0n) is 6.72. The molecule has 0 heterocycles. The van der Waals surface area contributed by atoms with Crippen LogP contribution in [0.1, 0.15) is 17.2 Å². The van der Waals surface area contributed by atoms with Crippen LogP contribution in [0.4, 0.5) is 4.39 Å². The van der Waals surface area contributed by atoms with Gasteiger partial charge in [0.1, 0.15) is 5.82 Å².